The number of likely N-dealkylation sites (tertiary alicyclic amines) is 1. The zero-order valence-corrected chi connectivity index (χ0v) is 13.7. The lowest BCUT2D eigenvalue weighted by Crippen LogP contribution is -2.46. The van der Waals surface area contributed by atoms with Crippen LogP contribution < -0.4 is 0 Å². The minimum absolute atomic E-state index is 0.170. The van der Waals surface area contributed by atoms with E-state index in [9.17, 15) is 4.79 Å². The van der Waals surface area contributed by atoms with Crippen LogP contribution in [0.2, 0.25) is 0 Å². The van der Waals surface area contributed by atoms with Gasteiger partial charge in [0, 0.05) is 30.0 Å². The molecular formula is C20H24N2O. The molecule has 2 atom stereocenters. The molecule has 2 heterocycles. The summed E-state index contributed by atoms with van der Waals surface area (Å²) in [4.78, 5) is 19.4. The van der Waals surface area contributed by atoms with Crippen LogP contribution in [-0.2, 0) is 6.42 Å². The molecule has 0 bridgehead atoms. The molecule has 1 fully saturated rings. The molecule has 0 radical (unpaired) electrons. The molecular weight excluding hydrogens is 284 g/mol. The summed E-state index contributed by atoms with van der Waals surface area (Å²) in [6.45, 7) is 3.10. The topological polar surface area (TPSA) is 33.2 Å². The van der Waals surface area contributed by atoms with Crippen molar-refractivity contribution in [1.82, 2.24) is 9.88 Å². The zero-order chi connectivity index (χ0) is 16.1. The monoisotopic (exact) mass is 308 g/mol. The number of carbonyl (C=O) groups excluding carboxylic acids is 1. The smallest absolute Gasteiger partial charge is 0.254 e. The third kappa shape index (κ3) is 3.98. The van der Waals surface area contributed by atoms with Gasteiger partial charge in [-0.1, -0.05) is 31.2 Å². The maximum Gasteiger partial charge on any atom is 0.254 e. The summed E-state index contributed by atoms with van der Waals surface area (Å²) in [6.07, 6.45) is 6.05. The fourth-order valence-corrected chi connectivity index (χ4v) is 3.36. The van der Waals surface area contributed by atoms with Crippen LogP contribution in [0.3, 0.4) is 0 Å². The summed E-state index contributed by atoms with van der Waals surface area (Å²) in [5, 5.41) is 0. The van der Waals surface area contributed by atoms with E-state index in [1.54, 1.807) is 0 Å². The second kappa shape index (κ2) is 7.40. The van der Waals surface area contributed by atoms with Crippen LogP contribution >= 0.6 is 0 Å². The van der Waals surface area contributed by atoms with Crippen molar-refractivity contribution in [3.8, 4) is 0 Å². The number of amides is 1. The van der Waals surface area contributed by atoms with Crippen LogP contribution in [0.15, 0.2) is 54.7 Å². The van der Waals surface area contributed by atoms with Crippen molar-refractivity contribution in [3.63, 3.8) is 0 Å². The van der Waals surface area contributed by atoms with Crippen molar-refractivity contribution in [2.45, 2.75) is 38.6 Å². The van der Waals surface area contributed by atoms with Gasteiger partial charge in [0.05, 0.1) is 0 Å². The number of pyridine rings is 1. The summed E-state index contributed by atoms with van der Waals surface area (Å²) in [5.41, 5.74) is 1.91. The van der Waals surface area contributed by atoms with Gasteiger partial charge in [-0.25, -0.2) is 0 Å². The van der Waals surface area contributed by atoms with Crippen molar-refractivity contribution >= 4 is 5.91 Å². The highest BCUT2D eigenvalue weighted by molar-refractivity contribution is 5.94. The van der Waals surface area contributed by atoms with Crippen LogP contribution in [-0.4, -0.2) is 28.4 Å². The van der Waals surface area contributed by atoms with Gasteiger partial charge in [-0.3, -0.25) is 9.78 Å². The molecule has 23 heavy (non-hydrogen) atoms. The molecule has 1 aromatic heterocycles. The Balaban J connectivity index is 1.70. The molecule has 3 rings (SSSR count). The highest BCUT2D eigenvalue weighted by Gasteiger charge is 2.30. The Morgan fingerprint density at radius 3 is 2.65 bits per heavy atom. The number of aryl methyl sites for hydroxylation is 1. The molecule has 0 unspecified atom stereocenters. The summed E-state index contributed by atoms with van der Waals surface area (Å²) >= 11 is 0. The van der Waals surface area contributed by atoms with E-state index >= 15 is 0 Å². The summed E-state index contributed by atoms with van der Waals surface area (Å²) in [5.74, 6) is 0.747. The Hall–Kier alpha value is -2.16. The fourth-order valence-electron chi connectivity index (χ4n) is 3.36. The van der Waals surface area contributed by atoms with Crippen molar-refractivity contribution in [2.75, 3.05) is 6.54 Å². The first-order chi connectivity index (χ1) is 11.2. The standard InChI is InChI=1S/C20H24N2O/c1-16-10-12-19(13-11-18-9-5-6-14-21-18)22(15-16)20(23)17-7-3-2-4-8-17/h2-9,14,16,19H,10-13,15H2,1H3/t16-,19-/m0/s1. The molecule has 1 aromatic carbocycles. The molecule has 1 aliphatic heterocycles. The Labute approximate surface area is 138 Å². The molecule has 0 N–H and O–H groups in total. The lowest BCUT2D eigenvalue weighted by molar-refractivity contribution is 0.0533. The predicted molar refractivity (Wildman–Crippen MR) is 92.2 cm³/mol. The lowest BCUT2D eigenvalue weighted by Gasteiger charge is -2.39. The Morgan fingerprint density at radius 1 is 1.13 bits per heavy atom. The lowest BCUT2D eigenvalue weighted by atomic mass is 9.90. The van der Waals surface area contributed by atoms with E-state index in [2.05, 4.69) is 22.9 Å². The third-order valence-electron chi connectivity index (χ3n) is 4.68. The molecule has 1 amide bonds. The van der Waals surface area contributed by atoms with Crippen LogP contribution in [0.25, 0.3) is 0 Å². The zero-order valence-electron chi connectivity index (χ0n) is 13.7. The number of nitrogens with zero attached hydrogens (tertiary/aromatic N) is 2. The first-order valence-electron chi connectivity index (χ1n) is 8.50. The molecule has 0 aliphatic carbocycles. The molecule has 1 saturated heterocycles. The van der Waals surface area contributed by atoms with Gasteiger partial charge >= 0.3 is 0 Å². The van der Waals surface area contributed by atoms with Gasteiger partial charge < -0.3 is 4.90 Å². The van der Waals surface area contributed by atoms with Crippen LogP contribution in [0, 0.1) is 5.92 Å². The average Bonchev–Trinajstić information content (AvgIpc) is 2.61. The highest BCUT2D eigenvalue weighted by Crippen LogP contribution is 2.26. The van der Waals surface area contributed by atoms with E-state index in [0.29, 0.717) is 12.0 Å². The summed E-state index contributed by atoms with van der Waals surface area (Å²) < 4.78 is 0. The number of benzene rings is 1. The van der Waals surface area contributed by atoms with Gasteiger partial charge in [-0.05, 0) is 55.9 Å². The average molecular weight is 308 g/mol. The SMILES string of the molecule is C[C@H]1CC[C@@H](CCc2ccccn2)N(C(=O)c2ccccc2)C1. The molecule has 0 saturated carbocycles. The van der Waals surface area contributed by atoms with Crippen molar-refractivity contribution in [1.29, 1.82) is 0 Å². The van der Waals surface area contributed by atoms with Crippen molar-refractivity contribution < 1.29 is 4.79 Å². The molecule has 3 nitrogen and oxygen atoms in total. The quantitative estimate of drug-likeness (QED) is 0.856. The van der Waals surface area contributed by atoms with Gasteiger partial charge in [0.2, 0.25) is 0 Å². The van der Waals surface area contributed by atoms with Gasteiger partial charge in [-0.2, -0.15) is 0 Å². The Morgan fingerprint density at radius 2 is 1.91 bits per heavy atom. The second-order valence-corrected chi connectivity index (χ2v) is 6.52. The molecule has 3 heteroatoms. The summed E-state index contributed by atoms with van der Waals surface area (Å²) in [6, 6.07) is 16.0. The van der Waals surface area contributed by atoms with Crippen molar-refractivity contribution in [3.05, 3.63) is 66.0 Å². The van der Waals surface area contributed by atoms with Gasteiger partial charge in [0.15, 0.2) is 0 Å². The number of hydrogen-bond donors (Lipinski definition) is 0. The van der Waals surface area contributed by atoms with Crippen LogP contribution in [0.5, 0.6) is 0 Å². The predicted octanol–water partition coefficient (Wildman–Crippen LogP) is 3.96. The highest BCUT2D eigenvalue weighted by atomic mass is 16.2. The molecule has 2 aromatic rings. The van der Waals surface area contributed by atoms with E-state index in [4.69, 9.17) is 0 Å². The first kappa shape index (κ1) is 15.7. The minimum atomic E-state index is 0.170. The maximum absolute atomic E-state index is 12.9. The van der Waals surface area contributed by atoms with E-state index in [1.165, 1.54) is 6.42 Å². The number of piperidine rings is 1. The van der Waals surface area contributed by atoms with E-state index in [1.807, 2.05) is 48.7 Å². The van der Waals surface area contributed by atoms with E-state index in [-0.39, 0.29) is 5.91 Å². The minimum Gasteiger partial charge on any atom is -0.335 e. The largest absolute Gasteiger partial charge is 0.335 e. The second-order valence-electron chi connectivity index (χ2n) is 6.52. The van der Waals surface area contributed by atoms with E-state index < -0.39 is 0 Å². The van der Waals surface area contributed by atoms with Crippen LogP contribution in [0.4, 0.5) is 0 Å². The fraction of sp³-hybridized carbons (Fsp3) is 0.400. The third-order valence-corrected chi connectivity index (χ3v) is 4.68. The first-order valence-corrected chi connectivity index (χ1v) is 8.50. The maximum atomic E-state index is 12.9. The number of carbonyl (C=O) groups is 1. The van der Waals surface area contributed by atoms with Crippen LogP contribution in [0.1, 0.15) is 42.2 Å². The summed E-state index contributed by atoms with van der Waals surface area (Å²) in [7, 11) is 0. The van der Waals surface area contributed by atoms with Gasteiger partial charge in [0.25, 0.3) is 5.91 Å². The van der Waals surface area contributed by atoms with Gasteiger partial charge in [-0.15, -0.1) is 0 Å². The van der Waals surface area contributed by atoms with E-state index in [0.717, 1.165) is 37.1 Å². The Bertz CT molecular complexity index is 627. The molecule has 0 spiro atoms. The number of rotatable bonds is 4. The number of aromatic nitrogens is 1. The Kier molecular flexibility index (Phi) is 5.06. The molecule has 1 aliphatic rings. The normalized spacial score (nSPS) is 21.2. The number of hydrogen-bond acceptors (Lipinski definition) is 2. The molecule has 120 valence electrons. The van der Waals surface area contributed by atoms with Gasteiger partial charge in [0.1, 0.15) is 0 Å². The van der Waals surface area contributed by atoms with Crippen molar-refractivity contribution in [2.24, 2.45) is 5.92 Å².